The molecule has 102 valence electrons. The molecule has 0 bridgehead atoms. The van der Waals surface area contributed by atoms with Crippen LogP contribution in [0.1, 0.15) is 50.6 Å². The van der Waals surface area contributed by atoms with Crippen LogP contribution in [0.15, 0.2) is 0 Å². The van der Waals surface area contributed by atoms with Gasteiger partial charge in [-0.3, -0.25) is 9.58 Å². The molecule has 2 heterocycles. The highest BCUT2D eigenvalue weighted by Crippen LogP contribution is 2.48. The van der Waals surface area contributed by atoms with Gasteiger partial charge in [-0.2, -0.15) is 5.10 Å². The number of nitrogens with zero attached hydrogens (tertiary/aromatic N) is 3. The highest BCUT2D eigenvalue weighted by molar-refractivity contribution is 14.1. The molecule has 0 saturated heterocycles. The standard InChI is InChI=1S/C13H21FIN3/c1-7(2)18-12(15)8(3)11-10(13(18,5)14)9(4)16-17(11)6/h7-8,12H,1-6H3. The molecular formula is C13H21FIN3. The van der Waals surface area contributed by atoms with Crippen LogP contribution in [0.2, 0.25) is 0 Å². The van der Waals surface area contributed by atoms with Gasteiger partial charge in [-0.05, 0) is 27.7 Å². The summed E-state index contributed by atoms with van der Waals surface area (Å²) < 4.78 is 17.3. The van der Waals surface area contributed by atoms with Crippen molar-refractivity contribution in [1.29, 1.82) is 0 Å². The zero-order valence-corrected chi connectivity index (χ0v) is 14.0. The Morgan fingerprint density at radius 2 is 2.00 bits per heavy atom. The van der Waals surface area contributed by atoms with Gasteiger partial charge in [0.1, 0.15) is 0 Å². The van der Waals surface area contributed by atoms with Gasteiger partial charge in [-0.15, -0.1) is 0 Å². The third-order valence-corrected chi connectivity index (χ3v) is 5.55. The Kier molecular flexibility index (Phi) is 3.51. The van der Waals surface area contributed by atoms with Gasteiger partial charge in [0.2, 0.25) is 0 Å². The van der Waals surface area contributed by atoms with Crippen molar-refractivity contribution in [1.82, 2.24) is 14.7 Å². The second-order valence-corrected chi connectivity index (χ2v) is 6.86. The monoisotopic (exact) mass is 365 g/mol. The van der Waals surface area contributed by atoms with E-state index in [0.29, 0.717) is 0 Å². The summed E-state index contributed by atoms with van der Waals surface area (Å²) in [5.41, 5.74) is 2.60. The van der Waals surface area contributed by atoms with Crippen molar-refractivity contribution in [3.05, 3.63) is 17.0 Å². The largest absolute Gasteiger partial charge is 0.272 e. The summed E-state index contributed by atoms with van der Waals surface area (Å²) in [6.07, 6.45) is 0. The first-order valence-electron chi connectivity index (χ1n) is 6.35. The lowest BCUT2D eigenvalue weighted by Crippen LogP contribution is -2.54. The maximum absolute atomic E-state index is 15.3. The van der Waals surface area contributed by atoms with Crippen molar-refractivity contribution in [3.63, 3.8) is 0 Å². The molecule has 0 saturated carbocycles. The van der Waals surface area contributed by atoms with E-state index in [0.717, 1.165) is 17.0 Å². The molecule has 2 rings (SSSR count). The minimum Gasteiger partial charge on any atom is -0.272 e. The predicted molar refractivity (Wildman–Crippen MR) is 79.6 cm³/mol. The maximum Gasteiger partial charge on any atom is 0.191 e. The number of fused-ring (bicyclic) bond motifs is 1. The van der Waals surface area contributed by atoms with E-state index in [1.54, 1.807) is 6.92 Å². The highest BCUT2D eigenvalue weighted by atomic mass is 127. The van der Waals surface area contributed by atoms with Crippen molar-refractivity contribution in [2.45, 2.75) is 56.4 Å². The summed E-state index contributed by atoms with van der Waals surface area (Å²) in [7, 11) is 1.91. The number of rotatable bonds is 1. The van der Waals surface area contributed by atoms with Crippen molar-refractivity contribution >= 4 is 22.6 Å². The minimum atomic E-state index is -1.44. The van der Waals surface area contributed by atoms with E-state index in [9.17, 15) is 0 Å². The molecule has 0 spiro atoms. The van der Waals surface area contributed by atoms with Gasteiger partial charge >= 0.3 is 0 Å². The molecule has 0 N–H and O–H groups in total. The molecule has 0 radical (unpaired) electrons. The number of aromatic nitrogens is 2. The molecule has 5 heteroatoms. The predicted octanol–water partition coefficient (Wildman–Crippen LogP) is 3.46. The molecule has 0 aliphatic carbocycles. The molecule has 1 aromatic heterocycles. The fourth-order valence-electron chi connectivity index (χ4n) is 3.26. The second-order valence-electron chi connectivity index (χ2n) is 5.58. The Bertz CT molecular complexity index is 467. The number of alkyl halides is 2. The number of hydrogen-bond donors (Lipinski definition) is 0. The molecule has 1 aliphatic heterocycles. The number of halogens is 2. The third kappa shape index (κ3) is 1.81. The van der Waals surface area contributed by atoms with Crippen LogP contribution in [-0.2, 0) is 12.8 Å². The second kappa shape index (κ2) is 4.44. The third-order valence-electron chi connectivity index (χ3n) is 3.87. The molecule has 18 heavy (non-hydrogen) atoms. The Morgan fingerprint density at radius 3 is 2.50 bits per heavy atom. The summed E-state index contributed by atoms with van der Waals surface area (Å²) in [5, 5.41) is 4.41. The molecule has 0 amide bonds. The van der Waals surface area contributed by atoms with Gasteiger partial charge in [0.15, 0.2) is 5.79 Å². The minimum absolute atomic E-state index is 0.139. The molecule has 0 aromatic carbocycles. The molecule has 3 unspecified atom stereocenters. The van der Waals surface area contributed by atoms with Gasteiger partial charge in [0, 0.05) is 24.6 Å². The topological polar surface area (TPSA) is 21.1 Å². The van der Waals surface area contributed by atoms with Crippen LogP contribution < -0.4 is 0 Å². The first kappa shape index (κ1) is 14.2. The average Bonchev–Trinajstić information content (AvgIpc) is 2.50. The van der Waals surface area contributed by atoms with E-state index in [4.69, 9.17) is 0 Å². The Labute approximate surface area is 122 Å². The van der Waals surface area contributed by atoms with Crippen LogP contribution >= 0.6 is 22.6 Å². The SMILES string of the molecule is Cc1nn(C)c2c1C(C)(F)N(C(C)C)C(I)C2C. The van der Waals surface area contributed by atoms with E-state index in [1.165, 1.54) is 0 Å². The molecule has 3 atom stereocenters. The Balaban J connectivity index is 2.68. The number of aryl methyl sites for hydroxylation is 2. The smallest absolute Gasteiger partial charge is 0.191 e. The lowest BCUT2D eigenvalue weighted by molar-refractivity contribution is -0.0658. The van der Waals surface area contributed by atoms with Crippen LogP contribution in [-0.4, -0.2) is 24.8 Å². The van der Waals surface area contributed by atoms with Crippen LogP contribution in [0.25, 0.3) is 0 Å². The van der Waals surface area contributed by atoms with E-state index in [-0.39, 0.29) is 16.0 Å². The van der Waals surface area contributed by atoms with Gasteiger partial charge in [0.05, 0.1) is 15.4 Å². The van der Waals surface area contributed by atoms with Crippen LogP contribution in [0, 0.1) is 6.92 Å². The van der Waals surface area contributed by atoms with Gasteiger partial charge < -0.3 is 0 Å². The lowest BCUT2D eigenvalue weighted by atomic mass is 9.88. The van der Waals surface area contributed by atoms with Crippen molar-refractivity contribution in [2.24, 2.45) is 7.05 Å². The maximum atomic E-state index is 15.3. The first-order valence-corrected chi connectivity index (χ1v) is 7.59. The summed E-state index contributed by atoms with van der Waals surface area (Å²) >= 11 is 2.35. The van der Waals surface area contributed by atoms with Gasteiger partial charge in [0.25, 0.3) is 0 Å². The van der Waals surface area contributed by atoms with Gasteiger partial charge in [-0.25, -0.2) is 4.39 Å². The first-order chi connectivity index (χ1) is 8.19. The molecule has 1 aliphatic rings. The van der Waals surface area contributed by atoms with Crippen LogP contribution in [0.5, 0.6) is 0 Å². The lowest BCUT2D eigenvalue weighted by Gasteiger charge is -2.47. The van der Waals surface area contributed by atoms with Crippen LogP contribution in [0.4, 0.5) is 4.39 Å². The fraction of sp³-hybridized carbons (Fsp3) is 0.769. The quantitative estimate of drug-likeness (QED) is 0.432. The summed E-state index contributed by atoms with van der Waals surface area (Å²) in [6.45, 7) is 9.81. The molecular weight excluding hydrogens is 344 g/mol. The fourth-order valence-corrected chi connectivity index (χ4v) is 4.77. The van der Waals surface area contributed by atoms with Crippen molar-refractivity contribution in [3.8, 4) is 0 Å². The molecule has 0 fully saturated rings. The summed E-state index contributed by atoms with van der Waals surface area (Å²) in [5.74, 6) is -1.17. The van der Waals surface area contributed by atoms with Crippen molar-refractivity contribution < 1.29 is 4.39 Å². The zero-order chi connectivity index (χ0) is 13.8. The normalized spacial score (nSPS) is 32.9. The van der Waals surface area contributed by atoms with E-state index in [2.05, 4.69) is 34.6 Å². The highest BCUT2D eigenvalue weighted by Gasteiger charge is 2.50. The van der Waals surface area contributed by atoms with Crippen LogP contribution in [0.3, 0.4) is 0 Å². The number of hydrogen-bond acceptors (Lipinski definition) is 2. The molecule has 1 aromatic rings. The summed E-state index contributed by atoms with van der Waals surface area (Å²) in [6, 6.07) is 0.164. The van der Waals surface area contributed by atoms with Gasteiger partial charge in [-0.1, -0.05) is 29.5 Å². The van der Waals surface area contributed by atoms with E-state index >= 15 is 4.39 Å². The molecule has 3 nitrogen and oxygen atoms in total. The van der Waals surface area contributed by atoms with Crippen molar-refractivity contribution in [2.75, 3.05) is 0 Å². The summed E-state index contributed by atoms with van der Waals surface area (Å²) in [4.78, 5) is 1.95. The Morgan fingerprint density at radius 1 is 1.44 bits per heavy atom. The Hall–Kier alpha value is -0.170. The average molecular weight is 365 g/mol. The van der Waals surface area contributed by atoms with E-state index in [1.807, 2.05) is 37.4 Å². The van der Waals surface area contributed by atoms with E-state index < -0.39 is 5.79 Å². The zero-order valence-electron chi connectivity index (χ0n) is 11.8.